The fraction of sp³-hybridized carbons (Fsp3) is 0.350. The van der Waals surface area contributed by atoms with Crippen LogP contribution < -0.4 is 19.5 Å². The van der Waals surface area contributed by atoms with Crippen LogP contribution in [0.25, 0.3) is 0 Å². The molecule has 0 saturated carbocycles. The molecule has 2 atom stereocenters. The number of ether oxygens (including phenoxy) is 3. The second-order valence-corrected chi connectivity index (χ2v) is 5.69. The number of carbonyl (C=O) groups excluding carboxylic acids is 1. The van der Waals surface area contributed by atoms with Crippen LogP contribution in [0.2, 0.25) is 0 Å². The molecule has 0 saturated heterocycles. The van der Waals surface area contributed by atoms with E-state index in [0.29, 0.717) is 12.2 Å². The van der Waals surface area contributed by atoms with Crippen LogP contribution in [0.5, 0.6) is 17.2 Å². The van der Waals surface area contributed by atoms with Gasteiger partial charge in [-0.25, -0.2) is 0 Å². The lowest BCUT2D eigenvalue weighted by atomic mass is 10.1. The highest BCUT2D eigenvalue weighted by molar-refractivity contribution is 5.81. The molecule has 0 aromatic heterocycles. The van der Waals surface area contributed by atoms with Crippen LogP contribution in [0.15, 0.2) is 48.5 Å². The third-order valence-corrected chi connectivity index (χ3v) is 3.98. The first kappa shape index (κ1) is 18.6. The van der Waals surface area contributed by atoms with Gasteiger partial charge in [0, 0.05) is 0 Å². The van der Waals surface area contributed by atoms with Crippen molar-refractivity contribution in [3.05, 3.63) is 54.1 Å². The van der Waals surface area contributed by atoms with Crippen molar-refractivity contribution in [3.8, 4) is 17.2 Å². The zero-order chi connectivity index (χ0) is 18.2. The average molecular weight is 343 g/mol. The Balaban J connectivity index is 1.97. The summed E-state index contributed by atoms with van der Waals surface area (Å²) < 4.78 is 16.1. The predicted molar refractivity (Wildman–Crippen MR) is 97.3 cm³/mol. The lowest BCUT2D eigenvalue weighted by Gasteiger charge is -2.21. The van der Waals surface area contributed by atoms with Gasteiger partial charge in [-0.2, -0.15) is 0 Å². The largest absolute Gasteiger partial charge is 0.497 e. The van der Waals surface area contributed by atoms with Gasteiger partial charge in [-0.1, -0.05) is 19.1 Å². The number of benzene rings is 2. The van der Waals surface area contributed by atoms with Crippen LogP contribution >= 0.6 is 0 Å². The van der Waals surface area contributed by atoms with Gasteiger partial charge in [0.05, 0.1) is 20.3 Å². The molecule has 1 amide bonds. The summed E-state index contributed by atoms with van der Waals surface area (Å²) in [5.41, 5.74) is 1.01. The molecule has 0 unspecified atom stereocenters. The standard InChI is InChI=1S/C20H25NO4/c1-5-19(25-18-12-10-17(24-4)11-13-18)20(22)21-14(2)15-6-8-16(23-3)9-7-15/h6-14,19H,5H2,1-4H3,(H,21,22)/t14-,19+/m0/s1. The zero-order valence-electron chi connectivity index (χ0n) is 15.1. The predicted octanol–water partition coefficient (Wildman–Crippen LogP) is 3.74. The second kappa shape index (κ2) is 8.97. The van der Waals surface area contributed by atoms with Crippen LogP contribution in [-0.2, 0) is 4.79 Å². The summed E-state index contributed by atoms with van der Waals surface area (Å²) in [5.74, 6) is 2.04. The SMILES string of the molecule is CC[C@@H](Oc1ccc(OC)cc1)C(=O)N[C@@H](C)c1ccc(OC)cc1. The Hall–Kier alpha value is -2.69. The Morgan fingerprint density at radius 3 is 1.88 bits per heavy atom. The molecule has 0 fully saturated rings. The van der Waals surface area contributed by atoms with Gasteiger partial charge < -0.3 is 19.5 Å². The van der Waals surface area contributed by atoms with Crippen LogP contribution in [0.1, 0.15) is 31.9 Å². The first-order chi connectivity index (χ1) is 12.1. The molecule has 0 aliphatic rings. The third-order valence-electron chi connectivity index (χ3n) is 3.98. The van der Waals surface area contributed by atoms with Crippen LogP contribution in [0.4, 0.5) is 0 Å². The fourth-order valence-electron chi connectivity index (χ4n) is 2.42. The van der Waals surface area contributed by atoms with E-state index in [2.05, 4.69) is 5.32 Å². The number of methoxy groups -OCH3 is 2. The van der Waals surface area contributed by atoms with E-state index in [0.717, 1.165) is 17.1 Å². The van der Waals surface area contributed by atoms with Crippen molar-refractivity contribution in [1.29, 1.82) is 0 Å². The minimum Gasteiger partial charge on any atom is -0.497 e. The molecular formula is C20H25NO4. The molecule has 2 rings (SSSR count). The van der Waals surface area contributed by atoms with Gasteiger partial charge >= 0.3 is 0 Å². The Morgan fingerprint density at radius 2 is 1.40 bits per heavy atom. The monoisotopic (exact) mass is 343 g/mol. The number of carbonyl (C=O) groups is 1. The van der Waals surface area contributed by atoms with Crippen molar-refractivity contribution in [2.24, 2.45) is 0 Å². The maximum Gasteiger partial charge on any atom is 0.261 e. The number of rotatable bonds is 8. The molecule has 0 aliphatic heterocycles. The number of nitrogens with one attached hydrogen (secondary N) is 1. The van der Waals surface area contributed by atoms with E-state index in [1.165, 1.54) is 0 Å². The van der Waals surface area contributed by atoms with Crippen molar-refractivity contribution in [1.82, 2.24) is 5.32 Å². The van der Waals surface area contributed by atoms with E-state index < -0.39 is 6.10 Å². The fourth-order valence-corrected chi connectivity index (χ4v) is 2.42. The van der Waals surface area contributed by atoms with Crippen LogP contribution in [-0.4, -0.2) is 26.2 Å². The van der Waals surface area contributed by atoms with Gasteiger partial charge in [0.2, 0.25) is 0 Å². The minimum absolute atomic E-state index is 0.119. The molecule has 5 heteroatoms. The summed E-state index contributed by atoms with van der Waals surface area (Å²) in [4.78, 5) is 12.5. The number of amides is 1. The molecule has 134 valence electrons. The first-order valence-corrected chi connectivity index (χ1v) is 8.32. The highest BCUT2D eigenvalue weighted by Gasteiger charge is 2.20. The summed E-state index contributed by atoms with van der Waals surface area (Å²) in [7, 11) is 3.24. The highest BCUT2D eigenvalue weighted by atomic mass is 16.5. The molecule has 0 radical (unpaired) electrons. The Morgan fingerprint density at radius 1 is 0.920 bits per heavy atom. The summed E-state index contributed by atoms with van der Waals surface area (Å²) in [6, 6.07) is 14.7. The van der Waals surface area contributed by atoms with E-state index in [1.807, 2.05) is 38.1 Å². The molecule has 5 nitrogen and oxygen atoms in total. The van der Waals surface area contributed by atoms with Crippen molar-refractivity contribution in [2.75, 3.05) is 14.2 Å². The summed E-state index contributed by atoms with van der Waals surface area (Å²) in [6.45, 7) is 3.87. The number of hydrogen-bond donors (Lipinski definition) is 1. The van der Waals surface area contributed by atoms with E-state index in [4.69, 9.17) is 14.2 Å². The van der Waals surface area contributed by atoms with Crippen molar-refractivity contribution < 1.29 is 19.0 Å². The minimum atomic E-state index is -0.547. The Bertz CT molecular complexity index is 667. The van der Waals surface area contributed by atoms with Gasteiger partial charge in [-0.05, 0) is 55.3 Å². The Labute approximate surface area is 148 Å². The van der Waals surface area contributed by atoms with E-state index in [9.17, 15) is 4.79 Å². The highest BCUT2D eigenvalue weighted by Crippen LogP contribution is 2.20. The second-order valence-electron chi connectivity index (χ2n) is 5.69. The topological polar surface area (TPSA) is 56.8 Å². The van der Waals surface area contributed by atoms with Crippen LogP contribution in [0.3, 0.4) is 0 Å². The number of hydrogen-bond acceptors (Lipinski definition) is 4. The van der Waals surface area contributed by atoms with Crippen molar-refractivity contribution >= 4 is 5.91 Å². The molecule has 2 aromatic carbocycles. The van der Waals surface area contributed by atoms with Gasteiger partial charge in [0.15, 0.2) is 6.10 Å². The van der Waals surface area contributed by atoms with E-state index in [1.54, 1.807) is 38.5 Å². The van der Waals surface area contributed by atoms with Gasteiger partial charge in [-0.3, -0.25) is 4.79 Å². The quantitative estimate of drug-likeness (QED) is 0.793. The molecule has 0 bridgehead atoms. The van der Waals surface area contributed by atoms with Crippen molar-refractivity contribution in [3.63, 3.8) is 0 Å². The molecule has 0 aliphatic carbocycles. The Kier molecular flexibility index (Phi) is 6.69. The summed E-state index contributed by atoms with van der Waals surface area (Å²) in [6.07, 6.45) is 0.0294. The van der Waals surface area contributed by atoms with E-state index >= 15 is 0 Å². The van der Waals surface area contributed by atoms with Gasteiger partial charge in [-0.15, -0.1) is 0 Å². The maximum atomic E-state index is 12.5. The maximum absolute atomic E-state index is 12.5. The normalized spacial score (nSPS) is 12.8. The molecular weight excluding hydrogens is 318 g/mol. The summed E-state index contributed by atoms with van der Waals surface area (Å²) in [5, 5.41) is 3.00. The molecule has 2 aromatic rings. The van der Waals surface area contributed by atoms with Gasteiger partial charge in [0.25, 0.3) is 5.91 Å². The molecule has 1 N–H and O–H groups in total. The lowest BCUT2D eigenvalue weighted by Crippen LogP contribution is -2.39. The smallest absolute Gasteiger partial charge is 0.261 e. The zero-order valence-corrected chi connectivity index (χ0v) is 15.1. The average Bonchev–Trinajstić information content (AvgIpc) is 2.66. The first-order valence-electron chi connectivity index (χ1n) is 8.32. The third kappa shape index (κ3) is 5.14. The lowest BCUT2D eigenvalue weighted by molar-refractivity contribution is -0.128. The molecule has 25 heavy (non-hydrogen) atoms. The van der Waals surface area contributed by atoms with Crippen LogP contribution in [0, 0.1) is 0 Å². The van der Waals surface area contributed by atoms with Gasteiger partial charge in [0.1, 0.15) is 17.2 Å². The van der Waals surface area contributed by atoms with Crippen molar-refractivity contribution in [2.45, 2.75) is 32.4 Å². The molecule has 0 spiro atoms. The van der Waals surface area contributed by atoms with E-state index in [-0.39, 0.29) is 11.9 Å². The molecule has 0 heterocycles. The summed E-state index contributed by atoms with van der Waals surface area (Å²) >= 11 is 0.